The molecule has 1 aliphatic rings. The maximum atomic E-state index is 13.7. The number of benzene rings is 1. The lowest BCUT2D eigenvalue weighted by atomic mass is 10.0. The molecule has 0 fully saturated rings. The van der Waals surface area contributed by atoms with Crippen molar-refractivity contribution in [2.45, 2.75) is 33.3 Å². The second-order valence-corrected chi connectivity index (χ2v) is 8.02. The number of nitrogens with zero attached hydrogens (tertiary/aromatic N) is 3. The van der Waals surface area contributed by atoms with E-state index < -0.39 is 30.3 Å². The number of allylic oxidation sites excluding steroid dienone is 4. The number of alkyl halides is 4. The molecule has 0 aliphatic carbocycles. The summed E-state index contributed by atoms with van der Waals surface area (Å²) in [4.78, 5) is 30.3. The van der Waals surface area contributed by atoms with E-state index in [0.717, 1.165) is 11.1 Å². The number of carbonyl (C=O) groups excluding carboxylic acids is 2. The van der Waals surface area contributed by atoms with Crippen molar-refractivity contribution in [1.29, 1.82) is 0 Å². The summed E-state index contributed by atoms with van der Waals surface area (Å²) in [6.45, 7) is 4.05. The largest absolute Gasteiger partial charge is 0.434 e. The number of nitrogens with one attached hydrogen (secondary N) is 1. The fourth-order valence-electron chi connectivity index (χ4n) is 3.61. The second kappa shape index (κ2) is 11.2. The minimum Gasteiger partial charge on any atom is -0.434 e. The number of hydrazone groups is 1. The van der Waals surface area contributed by atoms with Crippen LogP contribution in [0.3, 0.4) is 0 Å². The number of aromatic nitrogens is 1. The smallest absolute Gasteiger partial charge is 0.387 e. The molecule has 1 N–H and O–H groups in total. The van der Waals surface area contributed by atoms with Crippen molar-refractivity contribution >= 4 is 23.2 Å². The molecular formula is C26H24F4N4O3. The van der Waals surface area contributed by atoms with E-state index in [9.17, 15) is 27.2 Å². The third kappa shape index (κ3) is 6.29. The van der Waals surface area contributed by atoms with Crippen LogP contribution in [0.15, 0.2) is 83.8 Å². The first-order valence-corrected chi connectivity index (χ1v) is 11.0. The Balaban J connectivity index is 1.90. The minimum absolute atomic E-state index is 0.0235. The van der Waals surface area contributed by atoms with Crippen LogP contribution in [0.1, 0.15) is 20.8 Å². The Kier molecular flexibility index (Phi) is 8.26. The summed E-state index contributed by atoms with van der Waals surface area (Å²) in [6, 6.07) is 8.87. The number of rotatable bonds is 9. The van der Waals surface area contributed by atoms with Crippen LogP contribution in [0.25, 0.3) is 11.3 Å². The van der Waals surface area contributed by atoms with Crippen molar-refractivity contribution in [3.05, 3.63) is 78.7 Å². The molecule has 0 saturated carbocycles. The summed E-state index contributed by atoms with van der Waals surface area (Å²) in [7, 11) is 0. The van der Waals surface area contributed by atoms with Crippen molar-refractivity contribution in [3.8, 4) is 17.0 Å². The highest BCUT2D eigenvalue weighted by molar-refractivity contribution is 6.26. The van der Waals surface area contributed by atoms with Crippen molar-refractivity contribution in [1.82, 2.24) is 10.3 Å². The molecular weight excluding hydrogens is 492 g/mol. The molecule has 194 valence electrons. The molecule has 11 heteroatoms. The van der Waals surface area contributed by atoms with Gasteiger partial charge in [-0.2, -0.15) is 18.9 Å². The molecule has 37 heavy (non-hydrogen) atoms. The van der Waals surface area contributed by atoms with Crippen LogP contribution in [-0.2, 0) is 9.59 Å². The Morgan fingerprint density at radius 2 is 2.00 bits per heavy atom. The monoisotopic (exact) mass is 516 g/mol. The average molecular weight is 516 g/mol. The molecule has 1 atom stereocenters. The van der Waals surface area contributed by atoms with Gasteiger partial charge in [-0.25, -0.2) is 8.78 Å². The zero-order valence-electron chi connectivity index (χ0n) is 20.2. The summed E-state index contributed by atoms with van der Waals surface area (Å²) in [5.74, 6) is -6.18. The number of hydrogen-bond donors (Lipinski definition) is 1. The Bertz CT molecular complexity index is 1280. The van der Waals surface area contributed by atoms with Crippen LogP contribution in [-0.4, -0.2) is 35.0 Å². The van der Waals surface area contributed by atoms with E-state index in [1.807, 2.05) is 0 Å². The normalized spacial score (nSPS) is 16.6. The van der Waals surface area contributed by atoms with Gasteiger partial charge in [-0.3, -0.25) is 14.6 Å². The summed E-state index contributed by atoms with van der Waals surface area (Å²) in [6.07, 6.45) is 4.91. The molecule has 0 radical (unpaired) electrons. The lowest BCUT2D eigenvalue weighted by Crippen LogP contribution is -2.39. The van der Waals surface area contributed by atoms with Gasteiger partial charge in [-0.05, 0) is 56.3 Å². The van der Waals surface area contributed by atoms with E-state index in [-0.39, 0.29) is 34.0 Å². The maximum absolute atomic E-state index is 13.7. The first kappa shape index (κ1) is 27.3. The zero-order chi connectivity index (χ0) is 27.3. The van der Waals surface area contributed by atoms with Crippen molar-refractivity contribution < 1.29 is 31.9 Å². The molecule has 0 spiro atoms. The highest BCUT2D eigenvalue weighted by Crippen LogP contribution is 2.35. The van der Waals surface area contributed by atoms with Crippen LogP contribution >= 0.6 is 0 Å². The maximum Gasteiger partial charge on any atom is 0.387 e. The van der Waals surface area contributed by atoms with Gasteiger partial charge in [0.1, 0.15) is 5.75 Å². The molecule has 0 saturated heterocycles. The first-order chi connectivity index (χ1) is 17.5. The summed E-state index contributed by atoms with van der Waals surface area (Å²) in [5, 5.41) is 7.57. The lowest BCUT2D eigenvalue weighted by molar-refractivity contribution is -0.129. The van der Waals surface area contributed by atoms with E-state index >= 15 is 0 Å². The van der Waals surface area contributed by atoms with Gasteiger partial charge in [-0.15, -0.1) is 0 Å². The first-order valence-electron chi connectivity index (χ1n) is 11.0. The predicted octanol–water partition coefficient (Wildman–Crippen LogP) is 5.48. The number of pyridine rings is 1. The van der Waals surface area contributed by atoms with Crippen LogP contribution in [0.5, 0.6) is 5.75 Å². The number of hydrogen-bond acceptors (Lipinski definition) is 5. The SMILES string of the molecule is C=C/C(=C\C(=C/C)C(C)(F)F)NC(=O)C1C(=O)N(c2ccc(OC(F)F)c(-c3ccccn3)c2)N=C1C. The molecule has 2 heterocycles. The van der Waals surface area contributed by atoms with Crippen LogP contribution < -0.4 is 15.1 Å². The van der Waals surface area contributed by atoms with E-state index in [0.29, 0.717) is 12.6 Å². The van der Waals surface area contributed by atoms with E-state index in [4.69, 9.17) is 0 Å². The highest BCUT2D eigenvalue weighted by Gasteiger charge is 2.40. The molecule has 0 bridgehead atoms. The summed E-state index contributed by atoms with van der Waals surface area (Å²) in [5.41, 5.74) is 0.455. The molecule has 3 rings (SSSR count). The van der Waals surface area contributed by atoms with Gasteiger partial charge in [0.15, 0.2) is 5.92 Å². The van der Waals surface area contributed by atoms with Crippen molar-refractivity contribution in [3.63, 3.8) is 0 Å². The zero-order valence-corrected chi connectivity index (χ0v) is 20.2. The van der Waals surface area contributed by atoms with E-state index in [2.05, 4.69) is 26.7 Å². The number of anilines is 1. The third-order valence-electron chi connectivity index (χ3n) is 5.37. The van der Waals surface area contributed by atoms with Crippen molar-refractivity contribution in [2.24, 2.45) is 11.0 Å². The van der Waals surface area contributed by atoms with Gasteiger partial charge in [0.05, 0.1) is 17.1 Å². The average Bonchev–Trinajstić information content (AvgIpc) is 3.15. The van der Waals surface area contributed by atoms with Crippen molar-refractivity contribution in [2.75, 3.05) is 5.01 Å². The summed E-state index contributed by atoms with van der Waals surface area (Å²) >= 11 is 0. The van der Waals surface area contributed by atoms with Gasteiger partial charge in [0, 0.05) is 30.0 Å². The Morgan fingerprint density at radius 1 is 1.27 bits per heavy atom. The molecule has 2 amide bonds. The Morgan fingerprint density at radius 3 is 2.57 bits per heavy atom. The molecule has 2 aromatic rings. The Labute approximate surface area is 210 Å². The minimum atomic E-state index is -3.16. The van der Waals surface area contributed by atoms with Gasteiger partial charge < -0.3 is 10.1 Å². The second-order valence-electron chi connectivity index (χ2n) is 8.02. The third-order valence-corrected chi connectivity index (χ3v) is 5.37. The fraction of sp³-hybridized carbons (Fsp3) is 0.231. The number of carbonyl (C=O) groups is 2. The summed E-state index contributed by atoms with van der Waals surface area (Å²) < 4.78 is 58.0. The predicted molar refractivity (Wildman–Crippen MR) is 131 cm³/mol. The highest BCUT2D eigenvalue weighted by atomic mass is 19.3. The molecule has 1 aromatic heterocycles. The fourth-order valence-corrected chi connectivity index (χ4v) is 3.61. The molecule has 1 aliphatic heterocycles. The Hall–Kier alpha value is -4.28. The number of ether oxygens (including phenoxy) is 1. The van der Waals surface area contributed by atoms with Gasteiger partial charge in [-0.1, -0.05) is 18.7 Å². The standard InChI is InChI=1S/C26H24F4N4O3/c1-5-16(26(4,29)30)13-17(6-2)32-23(35)22-15(3)33-34(24(22)36)18-10-11-21(37-25(27)28)19(14-18)20-9-7-8-12-31-20/h5-14,22,25H,2H2,1,3-4H3,(H,32,35)/b16-5+,17-13+. The number of amides is 2. The van der Waals surface area contributed by atoms with Crippen LogP contribution in [0.4, 0.5) is 23.2 Å². The molecule has 1 aromatic carbocycles. The molecule has 7 nitrogen and oxygen atoms in total. The number of halogens is 4. The quantitative estimate of drug-likeness (QED) is 0.272. The van der Waals surface area contributed by atoms with Crippen LogP contribution in [0.2, 0.25) is 0 Å². The topological polar surface area (TPSA) is 83.9 Å². The van der Waals surface area contributed by atoms with Gasteiger partial charge in [0.2, 0.25) is 5.91 Å². The van der Waals surface area contributed by atoms with Gasteiger partial charge >= 0.3 is 6.61 Å². The van der Waals surface area contributed by atoms with E-state index in [1.165, 1.54) is 50.4 Å². The van der Waals surface area contributed by atoms with Gasteiger partial charge in [0.25, 0.3) is 11.8 Å². The molecule has 1 unspecified atom stereocenters. The lowest BCUT2D eigenvalue weighted by Gasteiger charge is -2.18. The van der Waals surface area contributed by atoms with E-state index in [1.54, 1.807) is 18.2 Å². The van der Waals surface area contributed by atoms with Crippen LogP contribution in [0, 0.1) is 5.92 Å².